The van der Waals surface area contributed by atoms with Crippen molar-refractivity contribution in [2.45, 2.75) is 19.4 Å². The normalized spacial score (nSPS) is 12.7. The molecule has 2 rings (SSSR count). The van der Waals surface area contributed by atoms with Gasteiger partial charge in [0, 0.05) is 10.0 Å². The molecule has 1 aromatic heterocycles. The predicted octanol–water partition coefficient (Wildman–Crippen LogP) is 2.91. The van der Waals surface area contributed by atoms with E-state index in [0.29, 0.717) is 11.7 Å². The van der Waals surface area contributed by atoms with Gasteiger partial charge in [-0.3, -0.25) is 0 Å². The van der Waals surface area contributed by atoms with Crippen LogP contribution in [0.15, 0.2) is 33.3 Å². The molecule has 84 valence electrons. The van der Waals surface area contributed by atoms with E-state index < -0.39 is 0 Å². The molecule has 1 atom stereocenters. The van der Waals surface area contributed by atoms with Crippen LogP contribution < -0.4 is 5.73 Å². The Balaban J connectivity index is 2.28. The Morgan fingerprint density at radius 1 is 1.38 bits per heavy atom. The van der Waals surface area contributed by atoms with E-state index in [-0.39, 0.29) is 6.04 Å². The zero-order chi connectivity index (χ0) is 11.5. The molecule has 2 N–H and O–H groups in total. The first-order valence-electron chi connectivity index (χ1n) is 5.06. The fourth-order valence-corrected chi connectivity index (χ4v) is 1.54. The molecule has 0 aliphatic rings. The summed E-state index contributed by atoms with van der Waals surface area (Å²) in [6.45, 7) is 1.98. The molecule has 0 fully saturated rings. The minimum absolute atomic E-state index is 0.184. The number of nitrogens with zero attached hydrogens (tertiary/aromatic N) is 2. The minimum atomic E-state index is -0.184. The van der Waals surface area contributed by atoms with Gasteiger partial charge in [-0.1, -0.05) is 28.0 Å². The highest BCUT2D eigenvalue weighted by Gasteiger charge is 2.13. The molecule has 0 radical (unpaired) electrons. The summed E-state index contributed by atoms with van der Waals surface area (Å²) >= 11 is 3.37. The van der Waals surface area contributed by atoms with E-state index in [4.69, 9.17) is 10.3 Å². The van der Waals surface area contributed by atoms with Gasteiger partial charge in [0.2, 0.25) is 11.7 Å². The summed E-state index contributed by atoms with van der Waals surface area (Å²) in [5, 5.41) is 3.90. The van der Waals surface area contributed by atoms with E-state index >= 15 is 0 Å². The second-order valence-corrected chi connectivity index (χ2v) is 4.39. The lowest BCUT2D eigenvalue weighted by Gasteiger charge is -1.99. The third-order valence-corrected chi connectivity index (χ3v) is 2.83. The summed E-state index contributed by atoms with van der Waals surface area (Å²) < 4.78 is 6.12. The zero-order valence-corrected chi connectivity index (χ0v) is 10.4. The highest BCUT2D eigenvalue weighted by Crippen LogP contribution is 2.20. The highest BCUT2D eigenvalue weighted by molar-refractivity contribution is 9.10. The molecule has 16 heavy (non-hydrogen) atoms. The van der Waals surface area contributed by atoms with Crippen LogP contribution in [-0.4, -0.2) is 10.1 Å². The van der Waals surface area contributed by atoms with Crippen LogP contribution in [-0.2, 0) is 0 Å². The van der Waals surface area contributed by atoms with Crippen molar-refractivity contribution in [2.75, 3.05) is 0 Å². The zero-order valence-electron chi connectivity index (χ0n) is 8.85. The number of hydrogen-bond acceptors (Lipinski definition) is 4. The molecular weight excluding hydrogens is 270 g/mol. The third-order valence-electron chi connectivity index (χ3n) is 2.30. The first kappa shape index (κ1) is 11.3. The molecule has 0 aliphatic heterocycles. The van der Waals surface area contributed by atoms with Gasteiger partial charge in [-0.05, 0) is 30.7 Å². The largest absolute Gasteiger partial charge is 0.337 e. The van der Waals surface area contributed by atoms with Crippen molar-refractivity contribution < 1.29 is 4.52 Å². The predicted molar refractivity (Wildman–Crippen MR) is 64.7 cm³/mol. The van der Waals surface area contributed by atoms with E-state index in [1.54, 1.807) is 0 Å². The summed E-state index contributed by atoms with van der Waals surface area (Å²) in [5.74, 6) is 1.06. The number of hydrogen-bond donors (Lipinski definition) is 1. The van der Waals surface area contributed by atoms with Crippen LogP contribution >= 0.6 is 15.9 Å². The van der Waals surface area contributed by atoms with Crippen LogP contribution in [0.25, 0.3) is 11.4 Å². The standard InChI is InChI=1S/C11H12BrN3O/c1-2-9(13)11-14-10(15-16-11)7-3-5-8(12)6-4-7/h3-6,9H,2,13H2,1H3. The van der Waals surface area contributed by atoms with Crippen molar-refractivity contribution in [1.29, 1.82) is 0 Å². The molecule has 5 heteroatoms. The molecule has 2 aromatic rings. The van der Waals surface area contributed by atoms with Crippen LogP contribution in [0.2, 0.25) is 0 Å². The average Bonchev–Trinajstić information content (AvgIpc) is 2.78. The van der Waals surface area contributed by atoms with Crippen LogP contribution in [0.5, 0.6) is 0 Å². The van der Waals surface area contributed by atoms with Gasteiger partial charge in [-0.2, -0.15) is 4.98 Å². The Kier molecular flexibility index (Phi) is 3.36. The maximum atomic E-state index is 5.81. The van der Waals surface area contributed by atoms with Crippen molar-refractivity contribution >= 4 is 15.9 Å². The van der Waals surface area contributed by atoms with Gasteiger partial charge in [-0.15, -0.1) is 0 Å². The van der Waals surface area contributed by atoms with Crippen LogP contribution in [0.3, 0.4) is 0 Å². The lowest BCUT2D eigenvalue weighted by Crippen LogP contribution is -2.08. The summed E-state index contributed by atoms with van der Waals surface area (Å²) in [5.41, 5.74) is 6.72. The van der Waals surface area contributed by atoms with E-state index in [1.807, 2.05) is 31.2 Å². The lowest BCUT2D eigenvalue weighted by atomic mass is 10.2. The summed E-state index contributed by atoms with van der Waals surface area (Å²) in [7, 11) is 0. The van der Waals surface area contributed by atoms with Crippen molar-refractivity contribution in [3.8, 4) is 11.4 Å². The maximum absolute atomic E-state index is 5.81. The van der Waals surface area contributed by atoms with E-state index in [2.05, 4.69) is 26.1 Å². The van der Waals surface area contributed by atoms with Gasteiger partial charge in [0.05, 0.1) is 6.04 Å². The second kappa shape index (κ2) is 4.76. The molecule has 4 nitrogen and oxygen atoms in total. The van der Waals surface area contributed by atoms with E-state index in [9.17, 15) is 0 Å². The van der Waals surface area contributed by atoms with Crippen molar-refractivity contribution in [2.24, 2.45) is 5.73 Å². The summed E-state index contributed by atoms with van der Waals surface area (Å²) in [4.78, 5) is 4.26. The maximum Gasteiger partial charge on any atom is 0.243 e. The Bertz CT molecular complexity index is 466. The van der Waals surface area contributed by atoms with Gasteiger partial charge in [0.1, 0.15) is 0 Å². The first-order valence-corrected chi connectivity index (χ1v) is 5.85. The van der Waals surface area contributed by atoms with Gasteiger partial charge in [0.15, 0.2) is 0 Å². The van der Waals surface area contributed by atoms with Gasteiger partial charge < -0.3 is 10.3 Å². The van der Waals surface area contributed by atoms with Crippen LogP contribution in [0.4, 0.5) is 0 Å². The summed E-state index contributed by atoms with van der Waals surface area (Å²) in [6, 6.07) is 7.54. The lowest BCUT2D eigenvalue weighted by molar-refractivity contribution is 0.352. The Hall–Kier alpha value is -1.20. The Morgan fingerprint density at radius 2 is 2.06 bits per heavy atom. The quantitative estimate of drug-likeness (QED) is 0.940. The Labute approximate surface area is 102 Å². The summed E-state index contributed by atoms with van der Waals surface area (Å²) in [6.07, 6.45) is 0.780. The van der Waals surface area contributed by atoms with Crippen molar-refractivity contribution in [1.82, 2.24) is 10.1 Å². The molecule has 1 aromatic carbocycles. The first-order chi connectivity index (χ1) is 7.70. The SMILES string of the molecule is CCC(N)c1nc(-c2ccc(Br)cc2)no1. The van der Waals surface area contributed by atoms with E-state index in [0.717, 1.165) is 16.5 Å². The van der Waals surface area contributed by atoms with E-state index in [1.165, 1.54) is 0 Å². The smallest absolute Gasteiger partial charge is 0.243 e. The number of aromatic nitrogens is 2. The van der Waals surface area contributed by atoms with Gasteiger partial charge in [-0.25, -0.2) is 0 Å². The average molecular weight is 282 g/mol. The molecule has 0 saturated carbocycles. The van der Waals surface area contributed by atoms with Crippen molar-refractivity contribution in [3.05, 3.63) is 34.6 Å². The molecule has 0 spiro atoms. The topological polar surface area (TPSA) is 64.9 Å². The number of nitrogens with two attached hydrogens (primary N) is 1. The highest BCUT2D eigenvalue weighted by atomic mass is 79.9. The number of benzene rings is 1. The molecular formula is C11H12BrN3O. The molecule has 0 bridgehead atoms. The van der Waals surface area contributed by atoms with Gasteiger partial charge >= 0.3 is 0 Å². The van der Waals surface area contributed by atoms with Crippen molar-refractivity contribution in [3.63, 3.8) is 0 Å². The molecule has 1 heterocycles. The monoisotopic (exact) mass is 281 g/mol. The fraction of sp³-hybridized carbons (Fsp3) is 0.273. The second-order valence-electron chi connectivity index (χ2n) is 3.48. The number of halogens is 1. The van der Waals surface area contributed by atoms with Crippen LogP contribution in [0, 0.1) is 0 Å². The van der Waals surface area contributed by atoms with Gasteiger partial charge in [0.25, 0.3) is 0 Å². The number of rotatable bonds is 3. The minimum Gasteiger partial charge on any atom is -0.337 e. The molecule has 1 unspecified atom stereocenters. The molecule has 0 amide bonds. The molecule has 0 saturated heterocycles. The fourth-order valence-electron chi connectivity index (χ4n) is 1.28. The Morgan fingerprint density at radius 3 is 2.69 bits per heavy atom. The third kappa shape index (κ3) is 2.31. The molecule has 0 aliphatic carbocycles. The van der Waals surface area contributed by atoms with Crippen LogP contribution in [0.1, 0.15) is 25.3 Å².